The van der Waals surface area contributed by atoms with Crippen LogP contribution in [0.5, 0.6) is 0 Å². The highest BCUT2D eigenvalue weighted by molar-refractivity contribution is 5.85. The van der Waals surface area contributed by atoms with Crippen molar-refractivity contribution >= 4 is 30.7 Å². The lowest BCUT2D eigenvalue weighted by molar-refractivity contribution is -0.125. The first-order valence-electron chi connectivity index (χ1n) is 4.97. The molecule has 1 rings (SSSR count). The molecule has 3 N–H and O–H groups in total. The number of halogens is 2. The Morgan fingerprint density at radius 1 is 1.41 bits per heavy atom. The van der Waals surface area contributed by atoms with Gasteiger partial charge in [0.25, 0.3) is 0 Å². The normalized spacial score (nSPS) is 9.82. The van der Waals surface area contributed by atoms with Gasteiger partial charge in [0, 0.05) is 24.9 Å². The van der Waals surface area contributed by atoms with Gasteiger partial charge in [0.05, 0.1) is 5.54 Å². The highest BCUT2D eigenvalue weighted by atomic mass is 35.5. The van der Waals surface area contributed by atoms with Crippen LogP contribution in [0.1, 0.15) is 19.5 Å². The molecule has 1 amide bonds. The average Bonchev–Trinajstić information content (AvgIpc) is 2.18. The van der Waals surface area contributed by atoms with E-state index in [2.05, 4.69) is 10.3 Å². The fourth-order valence-corrected chi connectivity index (χ4v) is 1.08. The topological polar surface area (TPSA) is 68.0 Å². The molecule has 0 aliphatic heterocycles. The van der Waals surface area contributed by atoms with E-state index in [0.29, 0.717) is 6.54 Å². The summed E-state index contributed by atoms with van der Waals surface area (Å²) in [6.45, 7) is 3.93. The van der Waals surface area contributed by atoms with Crippen molar-refractivity contribution in [2.75, 3.05) is 6.54 Å². The van der Waals surface area contributed by atoms with Gasteiger partial charge >= 0.3 is 0 Å². The summed E-state index contributed by atoms with van der Waals surface area (Å²) in [6.07, 6.45) is 2.46. The molecular weight excluding hydrogens is 261 g/mol. The first-order valence-corrected chi connectivity index (χ1v) is 4.97. The maximum atomic E-state index is 11.4. The van der Waals surface area contributed by atoms with Crippen LogP contribution in [-0.2, 0) is 11.2 Å². The molecule has 0 fully saturated rings. The molecule has 0 radical (unpaired) electrons. The summed E-state index contributed by atoms with van der Waals surface area (Å²) in [5.41, 5.74) is 5.78. The predicted molar refractivity (Wildman–Crippen MR) is 73.7 cm³/mol. The van der Waals surface area contributed by atoms with Crippen LogP contribution in [0.2, 0.25) is 0 Å². The molecule has 4 nitrogen and oxygen atoms in total. The number of nitrogens with zero attached hydrogens (tertiary/aromatic N) is 1. The Morgan fingerprint density at radius 3 is 2.53 bits per heavy atom. The van der Waals surface area contributed by atoms with E-state index in [1.165, 1.54) is 0 Å². The molecule has 17 heavy (non-hydrogen) atoms. The third-order valence-electron chi connectivity index (χ3n) is 1.98. The van der Waals surface area contributed by atoms with E-state index in [1.54, 1.807) is 20.0 Å². The standard InChI is InChI=1S/C11H17N3O.2ClH/c1-11(2,12)10(15)14-8-6-9-5-3-4-7-13-9;;/h3-5,7H,6,8,12H2,1-2H3,(H,14,15);2*1H. The predicted octanol–water partition coefficient (Wildman–Crippen LogP) is 1.32. The van der Waals surface area contributed by atoms with Gasteiger partial charge in [0.15, 0.2) is 0 Å². The molecule has 98 valence electrons. The van der Waals surface area contributed by atoms with Crippen LogP contribution in [0.4, 0.5) is 0 Å². The molecule has 1 aromatic heterocycles. The first kappa shape index (κ1) is 18.5. The maximum Gasteiger partial charge on any atom is 0.239 e. The third kappa shape index (κ3) is 7.15. The van der Waals surface area contributed by atoms with Gasteiger partial charge in [-0.1, -0.05) is 6.07 Å². The van der Waals surface area contributed by atoms with E-state index < -0.39 is 5.54 Å². The molecular formula is C11H19Cl2N3O. The fourth-order valence-electron chi connectivity index (χ4n) is 1.08. The van der Waals surface area contributed by atoms with Crippen LogP contribution >= 0.6 is 24.8 Å². The van der Waals surface area contributed by atoms with Crippen molar-refractivity contribution in [2.24, 2.45) is 5.73 Å². The zero-order valence-electron chi connectivity index (χ0n) is 9.97. The molecule has 0 saturated carbocycles. The van der Waals surface area contributed by atoms with Gasteiger partial charge < -0.3 is 11.1 Å². The minimum absolute atomic E-state index is 0. The smallest absolute Gasteiger partial charge is 0.239 e. The largest absolute Gasteiger partial charge is 0.354 e. The summed E-state index contributed by atoms with van der Waals surface area (Å²) in [6, 6.07) is 5.72. The Morgan fingerprint density at radius 2 is 2.06 bits per heavy atom. The lowest BCUT2D eigenvalue weighted by Crippen LogP contribution is -2.49. The molecule has 0 aliphatic rings. The lowest BCUT2D eigenvalue weighted by atomic mass is 10.1. The Balaban J connectivity index is 0. The Kier molecular flexibility index (Phi) is 9.02. The van der Waals surface area contributed by atoms with Gasteiger partial charge in [-0.15, -0.1) is 24.8 Å². The molecule has 0 atom stereocenters. The molecule has 0 unspecified atom stereocenters. The number of pyridine rings is 1. The summed E-state index contributed by atoms with van der Waals surface area (Å²) < 4.78 is 0. The zero-order valence-corrected chi connectivity index (χ0v) is 11.6. The fraction of sp³-hybridized carbons (Fsp3) is 0.455. The first-order chi connectivity index (χ1) is 7.00. The second kappa shape index (κ2) is 8.28. The summed E-state index contributed by atoms with van der Waals surface area (Å²) >= 11 is 0. The van der Waals surface area contributed by atoms with Crippen LogP contribution in [-0.4, -0.2) is 23.0 Å². The van der Waals surface area contributed by atoms with Crippen molar-refractivity contribution in [3.05, 3.63) is 30.1 Å². The van der Waals surface area contributed by atoms with E-state index in [0.717, 1.165) is 12.1 Å². The van der Waals surface area contributed by atoms with Gasteiger partial charge in [0.2, 0.25) is 5.91 Å². The molecule has 0 aliphatic carbocycles. The summed E-state index contributed by atoms with van der Waals surface area (Å²) in [5, 5.41) is 2.77. The second-order valence-corrected chi connectivity index (χ2v) is 4.05. The van der Waals surface area contributed by atoms with Crippen molar-refractivity contribution < 1.29 is 4.79 Å². The van der Waals surface area contributed by atoms with Gasteiger partial charge in [-0.05, 0) is 26.0 Å². The third-order valence-corrected chi connectivity index (χ3v) is 1.98. The number of hydrogen-bond acceptors (Lipinski definition) is 3. The van der Waals surface area contributed by atoms with Gasteiger partial charge in [-0.2, -0.15) is 0 Å². The molecule has 1 aromatic rings. The van der Waals surface area contributed by atoms with E-state index in [-0.39, 0.29) is 30.7 Å². The summed E-state index contributed by atoms with van der Waals surface area (Å²) in [4.78, 5) is 15.6. The second-order valence-electron chi connectivity index (χ2n) is 4.05. The van der Waals surface area contributed by atoms with Crippen molar-refractivity contribution in [3.8, 4) is 0 Å². The van der Waals surface area contributed by atoms with Crippen LogP contribution in [0.25, 0.3) is 0 Å². The molecule has 6 heteroatoms. The number of carbonyl (C=O) groups is 1. The highest BCUT2D eigenvalue weighted by Gasteiger charge is 2.20. The highest BCUT2D eigenvalue weighted by Crippen LogP contribution is 1.97. The van der Waals surface area contributed by atoms with Gasteiger partial charge in [-0.25, -0.2) is 0 Å². The molecule has 0 aromatic carbocycles. The number of amides is 1. The Hall–Kier alpha value is -0.840. The van der Waals surface area contributed by atoms with Crippen molar-refractivity contribution in [2.45, 2.75) is 25.8 Å². The number of carbonyl (C=O) groups excluding carboxylic acids is 1. The molecule has 1 heterocycles. The number of nitrogens with two attached hydrogens (primary N) is 1. The quantitative estimate of drug-likeness (QED) is 0.874. The Labute approximate surface area is 114 Å². The number of aromatic nitrogens is 1. The number of hydrogen-bond donors (Lipinski definition) is 2. The average molecular weight is 280 g/mol. The molecule has 0 spiro atoms. The minimum atomic E-state index is -0.815. The SMILES string of the molecule is CC(C)(N)C(=O)NCCc1ccccn1.Cl.Cl. The summed E-state index contributed by atoms with van der Waals surface area (Å²) in [7, 11) is 0. The van der Waals surface area contributed by atoms with E-state index >= 15 is 0 Å². The number of rotatable bonds is 4. The minimum Gasteiger partial charge on any atom is -0.354 e. The maximum absolute atomic E-state index is 11.4. The van der Waals surface area contributed by atoms with E-state index in [1.807, 2.05) is 18.2 Å². The summed E-state index contributed by atoms with van der Waals surface area (Å²) in [5.74, 6) is -0.140. The molecule has 0 saturated heterocycles. The van der Waals surface area contributed by atoms with Crippen LogP contribution in [0.15, 0.2) is 24.4 Å². The van der Waals surface area contributed by atoms with E-state index in [4.69, 9.17) is 5.73 Å². The van der Waals surface area contributed by atoms with Gasteiger partial charge in [-0.3, -0.25) is 9.78 Å². The van der Waals surface area contributed by atoms with Crippen molar-refractivity contribution in [3.63, 3.8) is 0 Å². The molecule has 0 bridgehead atoms. The van der Waals surface area contributed by atoms with Crippen molar-refractivity contribution in [1.29, 1.82) is 0 Å². The van der Waals surface area contributed by atoms with Crippen molar-refractivity contribution in [1.82, 2.24) is 10.3 Å². The zero-order chi connectivity index (χ0) is 11.3. The van der Waals surface area contributed by atoms with Crippen LogP contribution < -0.4 is 11.1 Å². The van der Waals surface area contributed by atoms with Gasteiger partial charge in [0.1, 0.15) is 0 Å². The lowest BCUT2D eigenvalue weighted by Gasteiger charge is -2.17. The Bertz CT molecular complexity index is 325. The monoisotopic (exact) mass is 279 g/mol. The van der Waals surface area contributed by atoms with Crippen LogP contribution in [0.3, 0.4) is 0 Å². The van der Waals surface area contributed by atoms with Crippen LogP contribution in [0, 0.1) is 0 Å². The van der Waals surface area contributed by atoms with E-state index in [9.17, 15) is 4.79 Å². The number of nitrogens with one attached hydrogen (secondary N) is 1.